The van der Waals surface area contributed by atoms with E-state index in [1.165, 1.54) is 10.4 Å². The van der Waals surface area contributed by atoms with E-state index < -0.39 is 0 Å². The molecule has 0 aliphatic heterocycles. The maximum atomic E-state index is 11.8. The van der Waals surface area contributed by atoms with Gasteiger partial charge in [0.25, 0.3) is 5.56 Å². The molecule has 0 saturated carbocycles. The average Bonchev–Trinajstić information content (AvgIpc) is 2.75. The Morgan fingerprint density at radius 3 is 3.13 bits per heavy atom. The molecule has 0 fully saturated rings. The number of hydrogen-bond donors (Lipinski definition) is 1. The van der Waals surface area contributed by atoms with E-state index in [-0.39, 0.29) is 11.4 Å². The van der Waals surface area contributed by atoms with Crippen molar-refractivity contribution in [3.8, 4) is 0 Å². The summed E-state index contributed by atoms with van der Waals surface area (Å²) in [5, 5.41) is 0.793. The molecule has 0 saturated heterocycles. The van der Waals surface area contributed by atoms with Gasteiger partial charge in [-0.2, -0.15) is 0 Å². The predicted octanol–water partition coefficient (Wildman–Crippen LogP) is 2.21. The van der Waals surface area contributed by atoms with Crippen LogP contribution in [-0.2, 0) is 18.7 Å². The Bertz CT molecular complexity index is 587. The van der Waals surface area contributed by atoms with Gasteiger partial charge in [-0.05, 0) is 24.8 Å². The quantitative estimate of drug-likeness (QED) is 0.777. The zero-order chi connectivity index (χ0) is 10.4. The molecule has 0 spiro atoms. The number of hydrogen-bond acceptors (Lipinski definition) is 3. The van der Waals surface area contributed by atoms with Gasteiger partial charge in [0.1, 0.15) is 10.7 Å². The number of nitrogens with one attached hydrogen (secondary N) is 1. The van der Waals surface area contributed by atoms with Crippen molar-refractivity contribution in [2.45, 2.75) is 25.1 Å². The molecule has 1 aliphatic rings. The Balaban J connectivity index is 2.39. The lowest BCUT2D eigenvalue weighted by Crippen LogP contribution is -2.10. The summed E-state index contributed by atoms with van der Waals surface area (Å²) in [4.78, 5) is 21.1. The standard InChI is InChI=1S/C10H9ClN2OS/c11-4-7-12-9(14)8-5-2-1-3-6(5)15-10(8)13-7/h1-4H2,(H,12,13,14). The number of aromatic nitrogens is 2. The number of halogens is 1. The Kier molecular flexibility index (Phi) is 2.07. The number of thiophene rings is 1. The van der Waals surface area contributed by atoms with Crippen molar-refractivity contribution in [1.82, 2.24) is 9.97 Å². The molecule has 78 valence electrons. The molecule has 3 rings (SSSR count). The van der Waals surface area contributed by atoms with Gasteiger partial charge in [-0.15, -0.1) is 22.9 Å². The molecule has 2 aromatic heterocycles. The molecular weight excluding hydrogens is 232 g/mol. The molecule has 2 heterocycles. The minimum absolute atomic E-state index is 0.0324. The first-order chi connectivity index (χ1) is 7.29. The molecule has 5 heteroatoms. The highest BCUT2D eigenvalue weighted by Gasteiger charge is 2.20. The van der Waals surface area contributed by atoms with Crippen molar-refractivity contribution in [2.75, 3.05) is 0 Å². The topological polar surface area (TPSA) is 45.8 Å². The summed E-state index contributed by atoms with van der Waals surface area (Å²) in [7, 11) is 0. The number of nitrogens with zero attached hydrogens (tertiary/aromatic N) is 1. The summed E-state index contributed by atoms with van der Waals surface area (Å²) >= 11 is 7.31. The summed E-state index contributed by atoms with van der Waals surface area (Å²) in [5.74, 6) is 0.822. The zero-order valence-corrected chi connectivity index (χ0v) is 9.54. The lowest BCUT2D eigenvalue weighted by molar-refractivity contribution is 0.916. The summed E-state index contributed by atoms with van der Waals surface area (Å²) in [6.07, 6.45) is 3.26. The normalized spacial score (nSPS) is 14.7. The van der Waals surface area contributed by atoms with Crippen LogP contribution in [0.3, 0.4) is 0 Å². The molecule has 1 N–H and O–H groups in total. The maximum Gasteiger partial charge on any atom is 0.259 e. The van der Waals surface area contributed by atoms with Crippen LogP contribution in [0.4, 0.5) is 0 Å². The monoisotopic (exact) mass is 240 g/mol. The number of H-pyrrole nitrogens is 1. The minimum Gasteiger partial charge on any atom is -0.309 e. The van der Waals surface area contributed by atoms with Gasteiger partial charge in [0, 0.05) is 4.88 Å². The molecule has 0 radical (unpaired) electrons. The first kappa shape index (κ1) is 9.36. The molecular formula is C10H9ClN2OS. The van der Waals surface area contributed by atoms with Crippen LogP contribution in [0.25, 0.3) is 10.2 Å². The number of fused-ring (bicyclic) bond motifs is 3. The van der Waals surface area contributed by atoms with Gasteiger partial charge in [-0.1, -0.05) is 0 Å². The second-order valence-electron chi connectivity index (χ2n) is 3.68. The van der Waals surface area contributed by atoms with Gasteiger partial charge in [0.15, 0.2) is 0 Å². The summed E-state index contributed by atoms with van der Waals surface area (Å²) in [6.45, 7) is 0. The van der Waals surface area contributed by atoms with Crippen molar-refractivity contribution in [1.29, 1.82) is 0 Å². The van der Waals surface area contributed by atoms with Crippen LogP contribution in [-0.4, -0.2) is 9.97 Å². The molecule has 0 unspecified atom stereocenters. The van der Waals surface area contributed by atoms with Crippen LogP contribution in [0, 0.1) is 0 Å². The molecule has 15 heavy (non-hydrogen) atoms. The van der Waals surface area contributed by atoms with Crippen LogP contribution < -0.4 is 5.56 Å². The van der Waals surface area contributed by atoms with Gasteiger partial charge in [-0.3, -0.25) is 4.79 Å². The van der Waals surface area contributed by atoms with Crippen LogP contribution >= 0.6 is 22.9 Å². The van der Waals surface area contributed by atoms with Crippen molar-refractivity contribution < 1.29 is 0 Å². The summed E-state index contributed by atoms with van der Waals surface area (Å²) in [5.41, 5.74) is 1.18. The van der Waals surface area contributed by atoms with Gasteiger partial charge in [0.05, 0.1) is 11.3 Å². The first-order valence-corrected chi connectivity index (χ1v) is 6.24. The van der Waals surface area contributed by atoms with Crippen molar-refractivity contribution >= 4 is 33.2 Å². The van der Waals surface area contributed by atoms with E-state index in [1.807, 2.05) is 0 Å². The first-order valence-electron chi connectivity index (χ1n) is 4.89. The molecule has 0 atom stereocenters. The Hall–Kier alpha value is -0.870. The van der Waals surface area contributed by atoms with Crippen LogP contribution in [0.2, 0.25) is 0 Å². The number of aromatic amines is 1. The summed E-state index contributed by atoms with van der Waals surface area (Å²) < 4.78 is 0. The highest BCUT2D eigenvalue weighted by atomic mass is 35.5. The molecule has 1 aliphatic carbocycles. The number of rotatable bonds is 1. The SMILES string of the molecule is O=c1[nH]c(CCl)nc2sc3c(c12)CCC3. The van der Waals surface area contributed by atoms with E-state index in [0.29, 0.717) is 5.82 Å². The van der Waals surface area contributed by atoms with Crippen LogP contribution in [0.15, 0.2) is 4.79 Å². The molecule has 0 bridgehead atoms. The average molecular weight is 241 g/mol. The number of aryl methyl sites for hydroxylation is 2. The van der Waals surface area contributed by atoms with E-state index in [9.17, 15) is 4.79 Å². The Labute approximate surface area is 95.1 Å². The van der Waals surface area contributed by atoms with Crippen LogP contribution in [0.5, 0.6) is 0 Å². The number of alkyl halides is 1. The third-order valence-corrected chi connectivity index (χ3v) is 4.19. The van der Waals surface area contributed by atoms with Crippen molar-refractivity contribution in [2.24, 2.45) is 0 Å². The second kappa shape index (κ2) is 3.32. The van der Waals surface area contributed by atoms with E-state index >= 15 is 0 Å². The fourth-order valence-electron chi connectivity index (χ4n) is 2.11. The van der Waals surface area contributed by atoms with Crippen LogP contribution in [0.1, 0.15) is 22.7 Å². The van der Waals surface area contributed by atoms with E-state index in [2.05, 4.69) is 9.97 Å². The molecule has 0 aromatic carbocycles. The van der Waals surface area contributed by atoms with Gasteiger partial charge in [-0.25, -0.2) is 4.98 Å². The molecule has 3 nitrogen and oxygen atoms in total. The third kappa shape index (κ3) is 1.32. The Morgan fingerprint density at radius 1 is 1.47 bits per heavy atom. The molecule has 0 amide bonds. The smallest absolute Gasteiger partial charge is 0.259 e. The van der Waals surface area contributed by atoms with Gasteiger partial charge < -0.3 is 4.98 Å². The van der Waals surface area contributed by atoms with Crippen molar-refractivity contribution in [3.05, 3.63) is 26.6 Å². The van der Waals surface area contributed by atoms with E-state index in [1.54, 1.807) is 11.3 Å². The predicted molar refractivity (Wildman–Crippen MR) is 61.8 cm³/mol. The highest BCUT2D eigenvalue weighted by molar-refractivity contribution is 7.18. The minimum atomic E-state index is -0.0324. The molecule has 2 aromatic rings. The second-order valence-corrected chi connectivity index (χ2v) is 5.03. The van der Waals surface area contributed by atoms with E-state index in [0.717, 1.165) is 29.5 Å². The summed E-state index contributed by atoms with van der Waals surface area (Å²) in [6, 6.07) is 0. The largest absolute Gasteiger partial charge is 0.309 e. The maximum absolute atomic E-state index is 11.8. The Morgan fingerprint density at radius 2 is 2.33 bits per heavy atom. The fourth-order valence-corrected chi connectivity index (χ4v) is 3.52. The van der Waals surface area contributed by atoms with Gasteiger partial charge >= 0.3 is 0 Å². The van der Waals surface area contributed by atoms with Gasteiger partial charge in [0.2, 0.25) is 0 Å². The highest BCUT2D eigenvalue weighted by Crippen LogP contribution is 2.34. The third-order valence-electron chi connectivity index (χ3n) is 2.75. The van der Waals surface area contributed by atoms with Crippen molar-refractivity contribution in [3.63, 3.8) is 0 Å². The lowest BCUT2D eigenvalue weighted by atomic mass is 10.2. The fraction of sp³-hybridized carbons (Fsp3) is 0.400. The lowest BCUT2D eigenvalue weighted by Gasteiger charge is -1.96. The zero-order valence-electron chi connectivity index (χ0n) is 7.97. The van der Waals surface area contributed by atoms with E-state index in [4.69, 9.17) is 11.6 Å².